The van der Waals surface area contributed by atoms with Gasteiger partial charge in [0.05, 0.1) is 19.3 Å². The molecule has 5 nitrogen and oxygen atoms in total. The Morgan fingerprint density at radius 2 is 1.08 bits per heavy atom. The number of Topliss-reactive ketones (excluding diaryl/α,β-unsaturated/α-hetero) is 2. The van der Waals surface area contributed by atoms with Crippen molar-refractivity contribution >= 4 is 23.5 Å². The first-order valence-corrected chi connectivity index (χ1v) is 8.08. The molecule has 5 heteroatoms. The van der Waals surface area contributed by atoms with Gasteiger partial charge in [-0.1, -0.05) is 38.1 Å². The van der Waals surface area contributed by atoms with E-state index in [0.29, 0.717) is 12.8 Å². The predicted octanol–water partition coefficient (Wildman–Crippen LogP) is 2.39. The zero-order valence-electron chi connectivity index (χ0n) is 13.9. The molecular formula is C19H20O5. The molecule has 126 valence electrons. The standard InChI is InChI=1S/C19H20O5/c1-18(8-14(20)7-15(21)9-18)12-3-5-13(6-4-12)19(2)10-16(22)24-17(23)11-19/h3-6H,7-11H2,1-2H3. The van der Waals surface area contributed by atoms with Crippen LogP contribution in [0.1, 0.15) is 57.1 Å². The summed E-state index contributed by atoms with van der Waals surface area (Å²) in [6.07, 6.45) is 1.08. The molecule has 2 aliphatic rings. The third-order valence-electron chi connectivity index (χ3n) is 5.14. The molecule has 0 unspecified atom stereocenters. The highest BCUT2D eigenvalue weighted by atomic mass is 16.6. The summed E-state index contributed by atoms with van der Waals surface area (Å²) in [6.45, 7) is 3.80. The van der Waals surface area contributed by atoms with Gasteiger partial charge in [-0.3, -0.25) is 19.2 Å². The number of benzene rings is 1. The lowest BCUT2D eigenvalue weighted by Crippen LogP contribution is -2.37. The first kappa shape index (κ1) is 16.6. The van der Waals surface area contributed by atoms with Crippen LogP contribution in [0.5, 0.6) is 0 Å². The van der Waals surface area contributed by atoms with Crippen LogP contribution in [0.2, 0.25) is 0 Å². The molecule has 1 aliphatic carbocycles. The Hall–Kier alpha value is -2.30. The van der Waals surface area contributed by atoms with Gasteiger partial charge in [-0.05, 0) is 11.1 Å². The summed E-state index contributed by atoms with van der Waals surface area (Å²) in [5, 5.41) is 0. The van der Waals surface area contributed by atoms with Crippen LogP contribution in [0.25, 0.3) is 0 Å². The molecule has 24 heavy (non-hydrogen) atoms. The molecule has 2 fully saturated rings. The van der Waals surface area contributed by atoms with Gasteiger partial charge in [-0.2, -0.15) is 0 Å². The molecule has 1 aromatic carbocycles. The molecule has 0 atom stereocenters. The Labute approximate surface area is 140 Å². The Morgan fingerprint density at radius 3 is 1.50 bits per heavy atom. The highest BCUT2D eigenvalue weighted by Crippen LogP contribution is 2.39. The van der Waals surface area contributed by atoms with Gasteiger partial charge < -0.3 is 4.74 Å². The van der Waals surface area contributed by atoms with E-state index >= 15 is 0 Å². The van der Waals surface area contributed by atoms with E-state index in [9.17, 15) is 19.2 Å². The van der Waals surface area contributed by atoms with Gasteiger partial charge in [-0.15, -0.1) is 0 Å². The molecule has 0 N–H and O–H groups in total. The van der Waals surface area contributed by atoms with Crippen LogP contribution >= 0.6 is 0 Å². The number of hydrogen-bond donors (Lipinski definition) is 0. The van der Waals surface area contributed by atoms with Gasteiger partial charge >= 0.3 is 11.9 Å². The van der Waals surface area contributed by atoms with Gasteiger partial charge in [0, 0.05) is 23.7 Å². The van der Waals surface area contributed by atoms with Gasteiger partial charge in [-0.25, -0.2) is 0 Å². The number of hydrogen-bond acceptors (Lipinski definition) is 5. The van der Waals surface area contributed by atoms with E-state index in [2.05, 4.69) is 4.74 Å². The fraction of sp³-hybridized carbons (Fsp3) is 0.474. The zero-order valence-corrected chi connectivity index (χ0v) is 13.9. The minimum atomic E-state index is -0.579. The second-order valence-corrected chi connectivity index (χ2v) is 7.51. The van der Waals surface area contributed by atoms with Crippen LogP contribution in [-0.2, 0) is 34.7 Å². The zero-order chi connectivity index (χ0) is 17.5. The van der Waals surface area contributed by atoms with E-state index in [4.69, 9.17) is 0 Å². The second kappa shape index (κ2) is 5.65. The van der Waals surface area contributed by atoms with Crippen LogP contribution < -0.4 is 0 Å². The summed E-state index contributed by atoms with van der Waals surface area (Å²) in [5.41, 5.74) is 0.756. The van der Waals surface area contributed by atoms with E-state index in [1.165, 1.54) is 0 Å². The Kier molecular flexibility index (Phi) is 3.90. The Morgan fingerprint density at radius 1 is 0.708 bits per heavy atom. The van der Waals surface area contributed by atoms with Gasteiger partial charge in [0.1, 0.15) is 11.6 Å². The average molecular weight is 328 g/mol. The maximum absolute atomic E-state index is 11.8. The first-order valence-electron chi connectivity index (χ1n) is 8.08. The van der Waals surface area contributed by atoms with Crippen LogP contribution in [0.15, 0.2) is 24.3 Å². The Bertz CT molecular complexity index is 634. The van der Waals surface area contributed by atoms with E-state index < -0.39 is 22.8 Å². The van der Waals surface area contributed by atoms with Crippen molar-refractivity contribution in [3.05, 3.63) is 35.4 Å². The molecule has 0 spiro atoms. The normalized spacial score (nSPS) is 23.1. The summed E-state index contributed by atoms with van der Waals surface area (Å²) < 4.78 is 4.61. The lowest BCUT2D eigenvalue weighted by molar-refractivity contribution is -0.166. The first-order chi connectivity index (χ1) is 11.2. The molecule has 0 amide bonds. The number of ether oxygens (including phenoxy) is 1. The highest BCUT2D eigenvalue weighted by Gasteiger charge is 2.40. The summed E-state index contributed by atoms with van der Waals surface area (Å²) >= 11 is 0. The van der Waals surface area contributed by atoms with Crippen molar-refractivity contribution in [3.8, 4) is 0 Å². The molecule has 1 aromatic rings. The fourth-order valence-corrected chi connectivity index (χ4v) is 3.86. The van der Waals surface area contributed by atoms with Crippen molar-refractivity contribution in [1.29, 1.82) is 0 Å². The van der Waals surface area contributed by atoms with E-state index in [0.717, 1.165) is 11.1 Å². The van der Waals surface area contributed by atoms with Crippen molar-refractivity contribution in [2.24, 2.45) is 0 Å². The van der Waals surface area contributed by atoms with Gasteiger partial charge in [0.2, 0.25) is 0 Å². The maximum Gasteiger partial charge on any atom is 0.314 e. The highest BCUT2D eigenvalue weighted by molar-refractivity contribution is 6.02. The third-order valence-corrected chi connectivity index (χ3v) is 5.14. The number of rotatable bonds is 2. The molecule has 0 radical (unpaired) electrons. The van der Waals surface area contributed by atoms with Crippen molar-refractivity contribution in [3.63, 3.8) is 0 Å². The number of carbonyl (C=O) groups excluding carboxylic acids is 4. The summed E-state index contributed by atoms with van der Waals surface area (Å²) in [5.74, 6) is -1.06. The van der Waals surface area contributed by atoms with Gasteiger partial charge in [0.15, 0.2) is 0 Å². The van der Waals surface area contributed by atoms with Crippen molar-refractivity contribution < 1.29 is 23.9 Å². The number of carbonyl (C=O) groups is 4. The third kappa shape index (κ3) is 3.03. The van der Waals surface area contributed by atoms with Crippen molar-refractivity contribution in [1.82, 2.24) is 0 Å². The van der Waals surface area contributed by atoms with Crippen LogP contribution in [0, 0.1) is 0 Å². The van der Waals surface area contributed by atoms with Crippen LogP contribution in [0.3, 0.4) is 0 Å². The maximum atomic E-state index is 11.8. The number of cyclic esters (lactones) is 2. The molecule has 1 aliphatic heterocycles. The molecule has 1 saturated heterocycles. The molecule has 1 heterocycles. The average Bonchev–Trinajstić information content (AvgIpc) is 2.44. The van der Waals surface area contributed by atoms with Crippen molar-refractivity contribution in [2.75, 3.05) is 0 Å². The quantitative estimate of drug-likeness (QED) is 0.615. The van der Waals surface area contributed by atoms with E-state index in [-0.39, 0.29) is 30.8 Å². The fourth-order valence-electron chi connectivity index (χ4n) is 3.86. The lowest BCUT2D eigenvalue weighted by Gasteiger charge is -2.34. The predicted molar refractivity (Wildman–Crippen MR) is 85.3 cm³/mol. The van der Waals surface area contributed by atoms with Crippen molar-refractivity contribution in [2.45, 2.75) is 56.8 Å². The molecule has 0 aromatic heterocycles. The van der Waals surface area contributed by atoms with Gasteiger partial charge in [0.25, 0.3) is 0 Å². The smallest absolute Gasteiger partial charge is 0.314 e. The minimum absolute atomic E-state index is 0.0228. The molecule has 0 bridgehead atoms. The number of esters is 2. The molecular weight excluding hydrogens is 308 g/mol. The monoisotopic (exact) mass is 328 g/mol. The second-order valence-electron chi connectivity index (χ2n) is 7.51. The minimum Gasteiger partial charge on any atom is -0.393 e. The summed E-state index contributed by atoms with van der Waals surface area (Å²) in [7, 11) is 0. The van der Waals surface area contributed by atoms with Crippen LogP contribution in [0.4, 0.5) is 0 Å². The summed E-state index contributed by atoms with van der Waals surface area (Å²) in [4.78, 5) is 46.7. The summed E-state index contributed by atoms with van der Waals surface area (Å²) in [6, 6.07) is 7.57. The van der Waals surface area contributed by atoms with E-state index in [1.54, 1.807) is 0 Å². The largest absolute Gasteiger partial charge is 0.393 e. The topological polar surface area (TPSA) is 77.5 Å². The molecule has 1 saturated carbocycles. The number of ketones is 2. The van der Waals surface area contributed by atoms with E-state index in [1.807, 2.05) is 38.1 Å². The molecule has 3 rings (SSSR count). The SMILES string of the molecule is CC1(c2ccc(C3(C)CC(=O)OC(=O)C3)cc2)CC(=O)CC(=O)C1. The lowest BCUT2D eigenvalue weighted by atomic mass is 9.69. The van der Waals surface area contributed by atoms with Crippen LogP contribution in [-0.4, -0.2) is 23.5 Å². The Balaban J connectivity index is 1.88.